The number of amides is 2. The average Bonchev–Trinajstić information content (AvgIpc) is 2.87. The van der Waals surface area contributed by atoms with Crippen LogP contribution in [0.1, 0.15) is 96.0 Å². The summed E-state index contributed by atoms with van der Waals surface area (Å²) in [4.78, 5) is 15.1. The van der Waals surface area contributed by atoms with Crippen LogP contribution in [0.4, 0.5) is 4.79 Å². The number of nitrogens with two attached hydrogens (primary N) is 1. The fourth-order valence-electron chi connectivity index (χ4n) is 5.99. The Morgan fingerprint density at radius 3 is 2.58 bits per heavy atom. The van der Waals surface area contributed by atoms with Gasteiger partial charge in [0, 0.05) is 31.6 Å². The van der Waals surface area contributed by atoms with Crippen molar-refractivity contribution in [1.29, 1.82) is 0 Å². The van der Waals surface area contributed by atoms with E-state index in [0.717, 1.165) is 50.6 Å². The average molecular weight is 458 g/mol. The second kappa shape index (κ2) is 13.3. The van der Waals surface area contributed by atoms with Crippen molar-refractivity contribution >= 4 is 6.03 Å². The van der Waals surface area contributed by atoms with Gasteiger partial charge in [-0.15, -0.1) is 0 Å². The Morgan fingerprint density at radius 1 is 1.12 bits per heavy atom. The number of nitrogens with one attached hydrogen (secondary N) is 1. The van der Waals surface area contributed by atoms with Crippen molar-refractivity contribution in [2.75, 3.05) is 19.6 Å². The third-order valence-electron chi connectivity index (χ3n) is 8.02. The van der Waals surface area contributed by atoms with Gasteiger partial charge in [-0.05, 0) is 37.2 Å². The minimum absolute atomic E-state index is 0.00708. The molecule has 0 spiro atoms. The molecule has 1 aliphatic carbocycles. The van der Waals surface area contributed by atoms with Gasteiger partial charge in [-0.1, -0.05) is 95.0 Å². The molecular formula is C28H47N3O2. The molecule has 186 valence electrons. The number of hydrogen-bond acceptors (Lipinski definition) is 3. The smallest absolute Gasteiger partial charge is 0.317 e. The van der Waals surface area contributed by atoms with E-state index in [1.54, 1.807) is 0 Å². The van der Waals surface area contributed by atoms with Crippen molar-refractivity contribution in [3.05, 3.63) is 35.9 Å². The van der Waals surface area contributed by atoms with Crippen molar-refractivity contribution in [3.63, 3.8) is 0 Å². The molecule has 0 radical (unpaired) electrons. The summed E-state index contributed by atoms with van der Waals surface area (Å²) in [6, 6.07) is 10.2. The molecule has 1 saturated heterocycles. The van der Waals surface area contributed by atoms with Crippen molar-refractivity contribution in [1.82, 2.24) is 10.2 Å². The standard InChI is InChI=1S/C28H47N3O2/c1-2-3-4-11-18-28(33,24-15-9-6-10-16-24)25-17-12-19-31(22-25)27(32)30-26(21-29)20-23-13-7-5-8-14-23/h6,9-10,15-16,23,25-26,33H,2-5,7-8,11-14,17-22,29H2,1H3,(H,30,32)/t25-,26+,28-/m1/s1. The van der Waals surface area contributed by atoms with E-state index in [1.807, 2.05) is 35.2 Å². The lowest BCUT2D eigenvalue weighted by molar-refractivity contribution is -0.0557. The maximum atomic E-state index is 13.2. The van der Waals surface area contributed by atoms with Crippen LogP contribution in [0.2, 0.25) is 0 Å². The SMILES string of the molecule is CCCCCC[C@@](O)(c1ccccc1)[C@@H]1CCCN(C(=O)N[C@H](CN)CC2CCCCC2)C1. The van der Waals surface area contributed by atoms with Gasteiger partial charge in [0.2, 0.25) is 0 Å². The topological polar surface area (TPSA) is 78.6 Å². The molecule has 5 heteroatoms. The Labute approximate surface area is 201 Å². The number of benzene rings is 1. The first-order valence-electron chi connectivity index (χ1n) is 13.6. The summed E-state index contributed by atoms with van der Waals surface area (Å²) in [7, 11) is 0. The van der Waals surface area contributed by atoms with E-state index in [-0.39, 0.29) is 18.0 Å². The quantitative estimate of drug-likeness (QED) is 0.380. The number of carbonyl (C=O) groups excluding carboxylic acids is 1. The minimum atomic E-state index is -0.886. The number of carbonyl (C=O) groups is 1. The Balaban J connectivity index is 1.63. The normalized spacial score (nSPS) is 22.5. The first-order valence-corrected chi connectivity index (χ1v) is 13.6. The zero-order chi connectivity index (χ0) is 23.5. The molecule has 1 aromatic rings. The maximum Gasteiger partial charge on any atom is 0.317 e. The number of likely N-dealkylation sites (tertiary alicyclic amines) is 1. The number of urea groups is 1. The van der Waals surface area contributed by atoms with Gasteiger partial charge in [0.05, 0.1) is 5.60 Å². The van der Waals surface area contributed by atoms with Crippen LogP contribution >= 0.6 is 0 Å². The number of piperidine rings is 1. The van der Waals surface area contributed by atoms with Crippen LogP contribution in [0.15, 0.2) is 30.3 Å². The summed E-state index contributed by atoms with van der Waals surface area (Å²) in [5.41, 5.74) is 6.15. The molecule has 2 fully saturated rings. The Morgan fingerprint density at radius 2 is 1.88 bits per heavy atom. The summed E-state index contributed by atoms with van der Waals surface area (Å²) in [5, 5.41) is 15.2. The molecule has 0 aromatic heterocycles. The second-order valence-electron chi connectivity index (χ2n) is 10.5. The van der Waals surface area contributed by atoms with Crippen LogP contribution in [0.25, 0.3) is 0 Å². The van der Waals surface area contributed by atoms with Gasteiger partial charge in [-0.2, -0.15) is 0 Å². The van der Waals surface area contributed by atoms with Crippen molar-refractivity contribution < 1.29 is 9.90 Å². The number of unbranched alkanes of at least 4 members (excludes halogenated alkanes) is 3. The molecule has 1 saturated carbocycles. The molecule has 1 aromatic carbocycles. The van der Waals surface area contributed by atoms with Gasteiger partial charge >= 0.3 is 6.03 Å². The van der Waals surface area contributed by atoms with Crippen molar-refractivity contribution in [2.24, 2.45) is 17.6 Å². The molecule has 1 aliphatic heterocycles. The van der Waals surface area contributed by atoms with E-state index < -0.39 is 5.60 Å². The Kier molecular flexibility index (Phi) is 10.5. The fraction of sp³-hybridized carbons (Fsp3) is 0.750. The number of rotatable bonds is 11. The van der Waals surface area contributed by atoms with Gasteiger partial charge in [0.15, 0.2) is 0 Å². The van der Waals surface area contributed by atoms with E-state index in [9.17, 15) is 9.90 Å². The molecular weight excluding hydrogens is 410 g/mol. The van der Waals surface area contributed by atoms with E-state index in [1.165, 1.54) is 44.9 Å². The van der Waals surface area contributed by atoms with Crippen LogP contribution in [0, 0.1) is 11.8 Å². The van der Waals surface area contributed by atoms with Gasteiger partial charge in [-0.3, -0.25) is 0 Å². The molecule has 3 atom stereocenters. The van der Waals surface area contributed by atoms with Gasteiger partial charge in [-0.25, -0.2) is 4.79 Å². The molecule has 33 heavy (non-hydrogen) atoms. The number of nitrogens with zero attached hydrogens (tertiary/aromatic N) is 1. The van der Waals surface area contributed by atoms with Gasteiger partial charge < -0.3 is 21.1 Å². The van der Waals surface area contributed by atoms with Crippen LogP contribution in [-0.2, 0) is 5.60 Å². The summed E-state index contributed by atoms with van der Waals surface area (Å²) >= 11 is 0. The highest BCUT2D eigenvalue weighted by Crippen LogP contribution is 2.40. The van der Waals surface area contributed by atoms with Gasteiger partial charge in [0.25, 0.3) is 0 Å². The Hall–Kier alpha value is -1.59. The zero-order valence-electron chi connectivity index (χ0n) is 20.8. The predicted octanol–water partition coefficient (Wildman–Crippen LogP) is 5.56. The minimum Gasteiger partial charge on any atom is -0.385 e. The summed E-state index contributed by atoms with van der Waals surface area (Å²) in [6.07, 6.45) is 14.6. The van der Waals surface area contributed by atoms with E-state index >= 15 is 0 Å². The molecule has 0 bridgehead atoms. The molecule has 4 N–H and O–H groups in total. The monoisotopic (exact) mass is 457 g/mol. The van der Waals surface area contributed by atoms with Crippen molar-refractivity contribution in [3.8, 4) is 0 Å². The molecule has 2 aliphatic rings. The van der Waals surface area contributed by atoms with Crippen LogP contribution in [0.5, 0.6) is 0 Å². The fourth-order valence-corrected chi connectivity index (χ4v) is 5.99. The second-order valence-corrected chi connectivity index (χ2v) is 10.5. The zero-order valence-corrected chi connectivity index (χ0v) is 20.8. The highest BCUT2D eigenvalue weighted by molar-refractivity contribution is 5.74. The number of hydrogen-bond donors (Lipinski definition) is 3. The highest BCUT2D eigenvalue weighted by Gasteiger charge is 2.41. The third kappa shape index (κ3) is 7.45. The molecule has 5 nitrogen and oxygen atoms in total. The molecule has 3 rings (SSSR count). The van der Waals surface area contributed by atoms with Crippen LogP contribution in [0.3, 0.4) is 0 Å². The first kappa shape index (κ1) is 26.0. The third-order valence-corrected chi connectivity index (χ3v) is 8.02. The lowest BCUT2D eigenvalue weighted by Crippen LogP contribution is -2.53. The number of aliphatic hydroxyl groups is 1. The van der Waals surface area contributed by atoms with Crippen LogP contribution in [-0.4, -0.2) is 41.7 Å². The van der Waals surface area contributed by atoms with E-state index in [4.69, 9.17) is 5.73 Å². The van der Waals surface area contributed by atoms with E-state index in [0.29, 0.717) is 19.0 Å². The lowest BCUT2D eigenvalue weighted by Gasteiger charge is -2.43. The highest BCUT2D eigenvalue weighted by atomic mass is 16.3. The van der Waals surface area contributed by atoms with Gasteiger partial charge in [0.1, 0.15) is 0 Å². The Bertz CT molecular complexity index is 692. The predicted molar refractivity (Wildman–Crippen MR) is 136 cm³/mol. The summed E-state index contributed by atoms with van der Waals surface area (Å²) in [6.45, 7) is 4.06. The lowest BCUT2D eigenvalue weighted by atomic mass is 9.74. The summed E-state index contributed by atoms with van der Waals surface area (Å²) < 4.78 is 0. The summed E-state index contributed by atoms with van der Waals surface area (Å²) in [5.74, 6) is 0.740. The maximum absolute atomic E-state index is 13.2. The molecule has 1 heterocycles. The molecule has 2 amide bonds. The molecule has 0 unspecified atom stereocenters. The van der Waals surface area contributed by atoms with Crippen molar-refractivity contribution in [2.45, 2.75) is 102 Å². The first-order chi connectivity index (χ1) is 16.1. The van der Waals surface area contributed by atoms with E-state index in [2.05, 4.69) is 12.2 Å². The largest absolute Gasteiger partial charge is 0.385 e. The van der Waals surface area contributed by atoms with Crippen LogP contribution < -0.4 is 11.1 Å².